The molecule has 0 radical (unpaired) electrons. The first-order chi connectivity index (χ1) is 9.67. The van der Waals surface area contributed by atoms with Gasteiger partial charge in [-0.2, -0.15) is 0 Å². The molecule has 0 aromatic carbocycles. The van der Waals surface area contributed by atoms with Gasteiger partial charge >= 0.3 is 12.0 Å². The van der Waals surface area contributed by atoms with Crippen molar-refractivity contribution in [3.05, 3.63) is 0 Å². The number of carbonyl (C=O) groups excluding carboxylic acids is 1. The molecule has 21 heavy (non-hydrogen) atoms. The normalized spacial score (nSPS) is 25.2. The number of carboxylic acid groups (broad SMARTS) is 1. The van der Waals surface area contributed by atoms with E-state index in [0.29, 0.717) is 19.4 Å². The topological polar surface area (TPSA) is 122 Å². The maximum atomic E-state index is 11.9. The Morgan fingerprint density at radius 1 is 1.43 bits per heavy atom. The molecule has 1 heterocycles. The summed E-state index contributed by atoms with van der Waals surface area (Å²) >= 11 is 0. The van der Waals surface area contributed by atoms with Crippen molar-refractivity contribution >= 4 is 21.8 Å². The van der Waals surface area contributed by atoms with Crippen LogP contribution in [-0.4, -0.2) is 62.3 Å². The fourth-order valence-electron chi connectivity index (χ4n) is 2.27. The van der Waals surface area contributed by atoms with Gasteiger partial charge in [0.1, 0.15) is 6.04 Å². The molecule has 1 aliphatic rings. The standard InChI is InChI=1S/C12H22N2O6S/c1-12(5-7-21(18,19)8-12)14-11(17)13-9(10(15)16)4-3-6-20-2/h9H,3-8H2,1-2H3,(H,15,16)(H2,13,14,17). The molecular formula is C12H22N2O6S. The van der Waals surface area contributed by atoms with Gasteiger partial charge in [0.05, 0.1) is 17.0 Å². The number of rotatable bonds is 7. The van der Waals surface area contributed by atoms with Crippen molar-refractivity contribution in [2.75, 3.05) is 25.2 Å². The molecule has 8 nitrogen and oxygen atoms in total. The average molecular weight is 322 g/mol. The molecule has 122 valence electrons. The van der Waals surface area contributed by atoms with E-state index < -0.39 is 33.4 Å². The van der Waals surface area contributed by atoms with Gasteiger partial charge in [-0.05, 0) is 26.2 Å². The molecule has 2 unspecified atom stereocenters. The number of amides is 2. The first-order valence-corrected chi connectivity index (χ1v) is 8.50. The fraction of sp³-hybridized carbons (Fsp3) is 0.833. The highest BCUT2D eigenvalue weighted by molar-refractivity contribution is 7.91. The van der Waals surface area contributed by atoms with E-state index in [1.54, 1.807) is 6.92 Å². The number of methoxy groups -OCH3 is 1. The lowest BCUT2D eigenvalue weighted by atomic mass is 10.0. The van der Waals surface area contributed by atoms with E-state index in [-0.39, 0.29) is 17.9 Å². The van der Waals surface area contributed by atoms with Crippen molar-refractivity contribution < 1.29 is 27.9 Å². The number of sulfone groups is 1. The minimum atomic E-state index is -3.14. The number of aliphatic carboxylic acids is 1. The molecule has 9 heteroatoms. The zero-order valence-electron chi connectivity index (χ0n) is 12.2. The second-order valence-corrected chi connectivity index (χ2v) is 7.71. The van der Waals surface area contributed by atoms with Crippen LogP contribution in [0.4, 0.5) is 4.79 Å². The number of urea groups is 1. The van der Waals surface area contributed by atoms with Crippen LogP contribution in [0.3, 0.4) is 0 Å². The molecule has 0 aliphatic carbocycles. The fourth-order valence-corrected chi connectivity index (χ4v) is 4.36. The third kappa shape index (κ3) is 5.88. The minimum Gasteiger partial charge on any atom is -0.480 e. The lowest BCUT2D eigenvalue weighted by Crippen LogP contribution is -2.54. The van der Waals surface area contributed by atoms with E-state index in [0.717, 1.165) is 0 Å². The monoisotopic (exact) mass is 322 g/mol. The van der Waals surface area contributed by atoms with Crippen LogP contribution < -0.4 is 10.6 Å². The SMILES string of the molecule is COCCCC(NC(=O)NC1(C)CCS(=O)(=O)C1)C(=O)O. The average Bonchev–Trinajstić information content (AvgIpc) is 2.61. The minimum absolute atomic E-state index is 0.0278. The third-order valence-electron chi connectivity index (χ3n) is 3.36. The van der Waals surface area contributed by atoms with Crippen molar-refractivity contribution in [3.63, 3.8) is 0 Å². The predicted molar refractivity (Wildman–Crippen MR) is 75.9 cm³/mol. The van der Waals surface area contributed by atoms with Gasteiger partial charge in [0.25, 0.3) is 0 Å². The van der Waals surface area contributed by atoms with E-state index in [2.05, 4.69) is 10.6 Å². The van der Waals surface area contributed by atoms with Gasteiger partial charge in [-0.3, -0.25) is 0 Å². The van der Waals surface area contributed by atoms with Gasteiger partial charge in [-0.1, -0.05) is 0 Å². The summed E-state index contributed by atoms with van der Waals surface area (Å²) in [6, 6.07) is -1.69. The molecular weight excluding hydrogens is 300 g/mol. The molecule has 0 spiro atoms. The van der Waals surface area contributed by atoms with Crippen LogP contribution in [0.2, 0.25) is 0 Å². The van der Waals surface area contributed by atoms with Crippen LogP contribution in [0.5, 0.6) is 0 Å². The van der Waals surface area contributed by atoms with E-state index in [9.17, 15) is 18.0 Å². The molecule has 0 saturated carbocycles. The molecule has 2 amide bonds. The Morgan fingerprint density at radius 2 is 2.10 bits per heavy atom. The lowest BCUT2D eigenvalue weighted by Gasteiger charge is -2.25. The highest BCUT2D eigenvalue weighted by atomic mass is 32.2. The summed E-state index contributed by atoms with van der Waals surface area (Å²) in [6.07, 6.45) is 1.06. The highest BCUT2D eigenvalue weighted by Gasteiger charge is 2.39. The van der Waals surface area contributed by atoms with Crippen molar-refractivity contribution in [1.82, 2.24) is 10.6 Å². The maximum absolute atomic E-state index is 11.9. The Morgan fingerprint density at radius 3 is 2.57 bits per heavy atom. The molecule has 3 N–H and O–H groups in total. The van der Waals surface area contributed by atoms with E-state index in [1.807, 2.05) is 0 Å². The Hall–Kier alpha value is -1.35. The number of carbonyl (C=O) groups is 2. The molecule has 0 bridgehead atoms. The van der Waals surface area contributed by atoms with Gasteiger partial charge in [0.2, 0.25) is 0 Å². The molecule has 0 aromatic rings. The second-order valence-electron chi connectivity index (χ2n) is 5.53. The van der Waals surface area contributed by atoms with E-state index >= 15 is 0 Å². The van der Waals surface area contributed by atoms with Crippen molar-refractivity contribution in [3.8, 4) is 0 Å². The number of hydrogen-bond acceptors (Lipinski definition) is 5. The Bertz CT molecular complexity index is 492. The maximum Gasteiger partial charge on any atom is 0.326 e. The zero-order valence-corrected chi connectivity index (χ0v) is 13.0. The van der Waals surface area contributed by atoms with Crippen LogP contribution in [0.1, 0.15) is 26.2 Å². The lowest BCUT2D eigenvalue weighted by molar-refractivity contribution is -0.139. The molecule has 1 rings (SSSR count). The second kappa shape index (κ2) is 7.08. The summed E-state index contributed by atoms with van der Waals surface area (Å²) in [7, 11) is -1.63. The smallest absolute Gasteiger partial charge is 0.326 e. The number of ether oxygens (including phenoxy) is 1. The Balaban J connectivity index is 2.52. The molecule has 1 fully saturated rings. The van der Waals surface area contributed by atoms with Gasteiger partial charge in [-0.15, -0.1) is 0 Å². The summed E-state index contributed by atoms with van der Waals surface area (Å²) in [4.78, 5) is 22.9. The van der Waals surface area contributed by atoms with Crippen LogP contribution in [0.25, 0.3) is 0 Å². The number of nitrogens with one attached hydrogen (secondary N) is 2. The largest absolute Gasteiger partial charge is 0.480 e. The van der Waals surface area contributed by atoms with Crippen LogP contribution >= 0.6 is 0 Å². The van der Waals surface area contributed by atoms with Gasteiger partial charge in [-0.25, -0.2) is 18.0 Å². The summed E-state index contributed by atoms with van der Waals surface area (Å²) in [5.41, 5.74) is -0.849. The summed E-state index contributed by atoms with van der Waals surface area (Å²) < 4.78 is 27.7. The summed E-state index contributed by atoms with van der Waals surface area (Å²) in [6.45, 7) is 2.04. The number of carboxylic acids is 1. The van der Waals surface area contributed by atoms with Crippen molar-refractivity contribution in [1.29, 1.82) is 0 Å². The van der Waals surface area contributed by atoms with Crippen LogP contribution in [0, 0.1) is 0 Å². The molecule has 1 saturated heterocycles. The molecule has 2 atom stereocenters. The highest BCUT2D eigenvalue weighted by Crippen LogP contribution is 2.22. The van der Waals surface area contributed by atoms with Gasteiger partial charge in [0.15, 0.2) is 9.84 Å². The van der Waals surface area contributed by atoms with Crippen LogP contribution in [-0.2, 0) is 19.4 Å². The number of hydrogen-bond donors (Lipinski definition) is 3. The molecule has 1 aliphatic heterocycles. The van der Waals surface area contributed by atoms with Crippen molar-refractivity contribution in [2.24, 2.45) is 0 Å². The summed E-state index contributed by atoms with van der Waals surface area (Å²) in [5, 5.41) is 14.0. The van der Waals surface area contributed by atoms with Crippen LogP contribution in [0.15, 0.2) is 0 Å². The van der Waals surface area contributed by atoms with Gasteiger partial charge in [0, 0.05) is 13.7 Å². The Kier molecular flexibility index (Phi) is 5.97. The quantitative estimate of drug-likeness (QED) is 0.555. The van der Waals surface area contributed by atoms with Crippen molar-refractivity contribution in [2.45, 2.75) is 37.8 Å². The molecule has 0 aromatic heterocycles. The van der Waals surface area contributed by atoms with E-state index in [1.165, 1.54) is 7.11 Å². The first kappa shape index (κ1) is 17.7. The predicted octanol–water partition coefficient (Wildman–Crippen LogP) is -0.257. The van der Waals surface area contributed by atoms with Gasteiger partial charge < -0.3 is 20.5 Å². The third-order valence-corrected chi connectivity index (χ3v) is 5.27. The zero-order chi connectivity index (χ0) is 16.1. The van der Waals surface area contributed by atoms with E-state index in [4.69, 9.17) is 9.84 Å². The first-order valence-electron chi connectivity index (χ1n) is 6.68. The Labute approximate surface area is 124 Å². The summed E-state index contributed by atoms with van der Waals surface area (Å²) in [5.74, 6) is -1.24.